The normalized spacial score (nSPS) is 38.0. The average Bonchev–Trinajstić information content (AvgIpc) is 2.35. The second kappa shape index (κ2) is 6.27. The summed E-state index contributed by atoms with van der Waals surface area (Å²) in [7, 11) is 5.91. The van der Waals surface area contributed by atoms with Gasteiger partial charge in [-0.1, -0.05) is 0 Å². The second-order valence-electron chi connectivity index (χ2n) is 3.66. The number of primary amides is 1. The Balaban J connectivity index is 2.96. The Morgan fingerprint density at radius 2 is 1.47 bits per heavy atom. The van der Waals surface area contributed by atoms with E-state index in [9.17, 15) is 4.79 Å². The van der Waals surface area contributed by atoms with Crippen LogP contribution in [-0.4, -0.2) is 65.1 Å². The molecule has 0 radical (unpaired) electrons. The van der Waals surface area contributed by atoms with Gasteiger partial charge in [0.05, 0.1) is 0 Å². The Morgan fingerprint density at radius 1 is 0.941 bits per heavy atom. The summed E-state index contributed by atoms with van der Waals surface area (Å²) < 4.78 is 26.3. The summed E-state index contributed by atoms with van der Waals surface area (Å²) in [5.41, 5.74) is 5.26. The number of amides is 1. The van der Waals surface area contributed by atoms with Crippen molar-refractivity contribution in [3.05, 3.63) is 0 Å². The first-order valence-corrected chi connectivity index (χ1v) is 5.16. The van der Waals surface area contributed by atoms with Crippen LogP contribution < -0.4 is 5.73 Å². The largest absolute Gasteiger partial charge is 0.376 e. The molecule has 7 nitrogen and oxygen atoms in total. The SMILES string of the molecule is CO[C@H]1O[C@H](C(N)=O)[C@@H](OC)[C@H](OC)[C@H]1OC. The maximum absolute atomic E-state index is 11.3. The van der Waals surface area contributed by atoms with E-state index >= 15 is 0 Å². The third kappa shape index (κ3) is 2.75. The van der Waals surface area contributed by atoms with Gasteiger partial charge in [-0.25, -0.2) is 0 Å². The summed E-state index contributed by atoms with van der Waals surface area (Å²) in [4.78, 5) is 11.3. The van der Waals surface area contributed by atoms with E-state index in [1.54, 1.807) is 0 Å². The van der Waals surface area contributed by atoms with Gasteiger partial charge >= 0.3 is 0 Å². The van der Waals surface area contributed by atoms with E-state index in [0.717, 1.165) is 0 Å². The molecule has 2 N–H and O–H groups in total. The Morgan fingerprint density at radius 3 is 1.82 bits per heavy atom. The van der Waals surface area contributed by atoms with E-state index in [-0.39, 0.29) is 0 Å². The van der Waals surface area contributed by atoms with Crippen molar-refractivity contribution in [1.29, 1.82) is 0 Å². The lowest BCUT2D eigenvalue weighted by atomic mass is 9.98. The lowest BCUT2D eigenvalue weighted by Crippen LogP contribution is -2.63. The monoisotopic (exact) mass is 249 g/mol. The van der Waals surface area contributed by atoms with Crippen LogP contribution in [0.1, 0.15) is 0 Å². The van der Waals surface area contributed by atoms with Gasteiger partial charge in [0.15, 0.2) is 12.4 Å². The highest BCUT2D eigenvalue weighted by atomic mass is 16.7. The third-order valence-corrected chi connectivity index (χ3v) is 2.82. The summed E-state index contributed by atoms with van der Waals surface area (Å²) in [5.74, 6) is -0.629. The van der Waals surface area contributed by atoms with Crippen molar-refractivity contribution in [1.82, 2.24) is 0 Å². The highest BCUT2D eigenvalue weighted by Crippen LogP contribution is 2.27. The molecule has 17 heavy (non-hydrogen) atoms. The van der Waals surface area contributed by atoms with Crippen LogP contribution in [0.2, 0.25) is 0 Å². The van der Waals surface area contributed by atoms with Crippen LogP contribution in [0.4, 0.5) is 0 Å². The van der Waals surface area contributed by atoms with E-state index in [2.05, 4.69) is 0 Å². The van der Waals surface area contributed by atoms with E-state index in [1.807, 2.05) is 0 Å². The van der Waals surface area contributed by atoms with Crippen molar-refractivity contribution in [2.45, 2.75) is 30.7 Å². The zero-order valence-corrected chi connectivity index (χ0v) is 10.4. The summed E-state index contributed by atoms with van der Waals surface area (Å²) >= 11 is 0. The zero-order chi connectivity index (χ0) is 13.0. The van der Waals surface area contributed by atoms with Crippen molar-refractivity contribution >= 4 is 5.91 Å². The lowest BCUT2D eigenvalue weighted by molar-refractivity contribution is -0.295. The number of ether oxygens (including phenoxy) is 5. The molecule has 1 heterocycles. The highest BCUT2D eigenvalue weighted by molar-refractivity contribution is 5.79. The standard InChI is InChI=1S/C10H19NO6/c1-13-5-6(14-2)8(15-3)10(16-4)17-7(5)9(11)12/h5-8,10H,1-4H3,(H2,11,12)/t5-,6-,7-,8+,10-/m0/s1. The van der Waals surface area contributed by atoms with Crippen molar-refractivity contribution in [2.24, 2.45) is 5.73 Å². The Labute approximate surface area is 100 Å². The van der Waals surface area contributed by atoms with Crippen LogP contribution in [0, 0.1) is 0 Å². The molecule has 0 unspecified atom stereocenters. The van der Waals surface area contributed by atoms with Crippen LogP contribution in [0.3, 0.4) is 0 Å². The van der Waals surface area contributed by atoms with Gasteiger partial charge in [0.1, 0.15) is 18.3 Å². The van der Waals surface area contributed by atoms with Crippen LogP contribution in [-0.2, 0) is 28.5 Å². The molecule has 7 heteroatoms. The second-order valence-corrected chi connectivity index (χ2v) is 3.66. The summed E-state index contributed by atoms with van der Waals surface area (Å²) in [6, 6.07) is 0. The average molecular weight is 249 g/mol. The number of methoxy groups -OCH3 is 4. The third-order valence-electron chi connectivity index (χ3n) is 2.82. The first kappa shape index (κ1) is 14.3. The zero-order valence-electron chi connectivity index (χ0n) is 10.4. The number of rotatable bonds is 5. The predicted molar refractivity (Wildman–Crippen MR) is 57.3 cm³/mol. The van der Waals surface area contributed by atoms with Crippen molar-refractivity contribution in [2.75, 3.05) is 28.4 Å². The molecule has 1 rings (SSSR count). The van der Waals surface area contributed by atoms with Crippen molar-refractivity contribution < 1.29 is 28.5 Å². The minimum absolute atomic E-state index is 0.495. The van der Waals surface area contributed by atoms with Crippen molar-refractivity contribution in [3.8, 4) is 0 Å². The topological polar surface area (TPSA) is 89.2 Å². The number of carbonyl (C=O) groups excluding carboxylic acids is 1. The van der Waals surface area contributed by atoms with Gasteiger partial charge in [-0.3, -0.25) is 4.79 Å². The van der Waals surface area contributed by atoms with Gasteiger partial charge in [-0.15, -0.1) is 0 Å². The highest BCUT2D eigenvalue weighted by Gasteiger charge is 2.49. The first-order valence-electron chi connectivity index (χ1n) is 5.16. The van der Waals surface area contributed by atoms with Crippen LogP contribution in [0.15, 0.2) is 0 Å². The van der Waals surface area contributed by atoms with E-state index in [4.69, 9.17) is 29.4 Å². The molecule has 0 bridgehead atoms. The maximum atomic E-state index is 11.3. The molecule has 1 amide bonds. The number of carbonyl (C=O) groups is 1. The molecule has 1 fully saturated rings. The lowest BCUT2D eigenvalue weighted by Gasteiger charge is -2.43. The van der Waals surface area contributed by atoms with Crippen molar-refractivity contribution in [3.63, 3.8) is 0 Å². The first-order chi connectivity index (χ1) is 8.10. The molecular weight excluding hydrogens is 230 g/mol. The smallest absolute Gasteiger partial charge is 0.249 e. The molecule has 0 aromatic carbocycles. The fourth-order valence-corrected chi connectivity index (χ4v) is 2.00. The summed E-state index contributed by atoms with van der Waals surface area (Å²) in [5, 5.41) is 0. The molecule has 0 aromatic rings. The van der Waals surface area contributed by atoms with Crippen LogP contribution >= 0.6 is 0 Å². The molecule has 5 atom stereocenters. The van der Waals surface area contributed by atoms with Gasteiger partial charge in [-0.2, -0.15) is 0 Å². The number of nitrogens with two attached hydrogens (primary N) is 1. The molecule has 0 spiro atoms. The molecule has 100 valence electrons. The molecule has 0 saturated carbocycles. The maximum Gasteiger partial charge on any atom is 0.249 e. The Kier molecular flexibility index (Phi) is 5.29. The van der Waals surface area contributed by atoms with Gasteiger partial charge in [0, 0.05) is 28.4 Å². The minimum Gasteiger partial charge on any atom is -0.376 e. The molecule has 0 aromatic heterocycles. The van der Waals surface area contributed by atoms with Crippen LogP contribution in [0.25, 0.3) is 0 Å². The quantitative estimate of drug-likeness (QED) is 0.664. The molecule has 1 aliphatic rings. The number of hydrogen-bond donors (Lipinski definition) is 1. The van der Waals surface area contributed by atoms with E-state index in [1.165, 1.54) is 28.4 Å². The van der Waals surface area contributed by atoms with Gasteiger partial charge < -0.3 is 29.4 Å². The Hall–Kier alpha value is -0.730. The van der Waals surface area contributed by atoms with E-state index < -0.39 is 36.6 Å². The molecular formula is C10H19NO6. The molecule has 1 aliphatic heterocycles. The fraction of sp³-hybridized carbons (Fsp3) is 0.900. The van der Waals surface area contributed by atoms with Gasteiger partial charge in [0.2, 0.25) is 5.91 Å². The predicted octanol–water partition coefficient (Wildman–Crippen LogP) is -1.11. The van der Waals surface area contributed by atoms with Gasteiger partial charge in [0.25, 0.3) is 0 Å². The van der Waals surface area contributed by atoms with Gasteiger partial charge in [-0.05, 0) is 0 Å². The molecule has 1 saturated heterocycles. The summed E-state index contributed by atoms with van der Waals surface area (Å²) in [6.45, 7) is 0. The van der Waals surface area contributed by atoms with E-state index in [0.29, 0.717) is 0 Å². The number of hydrogen-bond acceptors (Lipinski definition) is 6. The fourth-order valence-electron chi connectivity index (χ4n) is 2.00. The molecule has 0 aliphatic carbocycles. The van der Waals surface area contributed by atoms with Crippen LogP contribution in [0.5, 0.6) is 0 Å². The Bertz CT molecular complexity index is 261. The summed E-state index contributed by atoms with van der Waals surface area (Å²) in [6.07, 6.45) is -3.28. The minimum atomic E-state index is -0.929.